The molecule has 0 aliphatic carbocycles. The normalized spacial score (nSPS) is 17.3. The van der Waals surface area contributed by atoms with E-state index in [9.17, 15) is 4.79 Å². The second kappa shape index (κ2) is 9.65. The highest BCUT2D eigenvalue weighted by atomic mass is 16.1. The zero-order valence-corrected chi connectivity index (χ0v) is 20.0. The molecule has 35 heavy (non-hydrogen) atoms. The summed E-state index contributed by atoms with van der Waals surface area (Å²) in [6.45, 7) is 5.38. The number of aliphatic imine (C=N–C) groups is 1. The summed E-state index contributed by atoms with van der Waals surface area (Å²) in [6.07, 6.45) is 13.1. The minimum Gasteiger partial charge on any atom is -0.295 e. The van der Waals surface area contributed by atoms with Gasteiger partial charge in [0.1, 0.15) is 5.82 Å². The molecule has 4 heterocycles. The van der Waals surface area contributed by atoms with Crippen LogP contribution in [0.4, 0.5) is 0 Å². The maximum Gasteiger partial charge on any atom is 0.334 e. The van der Waals surface area contributed by atoms with Gasteiger partial charge in [0, 0.05) is 54.4 Å². The third kappa shape index (κ3) is 4.27. The molecule has 1 aliphatic rings. The van der Waals surface area contributed by atoms with Gasteiger partial charge in [0.05, 0.1) is 6.20 Å². The number of unbranched alkanes of at least 4 members (excludes halogenated alkanes) is 1. The Labute approximate surface area is 203 Å². The van der Waals surface area contributed by atoms with E-state index in [1.807, 2.05) is 53.0 Å². The lowest BCUT2D eigenvalue weighted by molar-refractivity contribution is 0.438. The molecule has 0 fully saturated rings. The zero-order valence-electron chi connectivity index (χ0n) is 20.0. The number of benzene rings is 1. The summed E-state index contributed by atoms with van der Waals surface area (Å²) < 4.78 is 5.49. The maximum absolute atomic E-state index is 13.8. The van der Waals surface area contributed by atoms with Crippen LogP contribution in [0.25, 0.3) is 17.2 Å². The number of tetrazole rings is 1. The molecule has 0 amide bonds. The first-order chi connectivity index (χ1) is 17.1. The molecule has 0 bridgehead atoms. The van der Waals surface area contributed by atoms with Crippen molar-refractivity contribution >= 4 is 6.21 Å². The van der Waals surface area contributed by atoms with E-state index < -0.39 is 5.41 Å². The van der Waals surface area contributed by atoms with Crippen LogP contribution >= 0.6 is 0 Å². The lowest BCUT2D eigenvalue weighted by atomic mass is 9.76. The van der Waals surface area contributed by atoms with Crippen molar-refractivity contribution in [3.8, 4) is 17.2 Å². The van der Waals surface area contributed by atoms with Crippen LogP contribution < -0.4 is 5.69 Å². The summed E-state index contributed by atoms with van der Waals surface area (Å²) in [7, 11) is 0. The Morgan fingerprint density at radius 1 is 1.20 bits per heavy atom. The smallest absolute Gasteiger partial charge is 0.295 e. The van der Waals surface area contributed by atoms with Crippen LogP contribution in [0.15, 0.2) is 64.8 Å². The highest BCUT2D eigenvalue weighted by Crippen LogP contribution is 2.35. The summed E-state index contributed by atoms with van der Waals surface area (Å²) in [4.78, 5) is 18.1. The van der Waals surface area contributed by atoms with Gasteiger partial charge in [0.2, 0.25) is 0 Å². The molecule has 0 radical (unpaired) electrons. The van der Waals surface area contributed by atoms with Crippen LogP contribution in [-0.2, 0) is 24.9 Å². The first kappa shape index (κ1) is 22.7. The minimum atomic E-state index is -0.437. The van der Waals surface area contributed by atoms with Gasteiger partial charge in [-0.2, -0.15) is 5.10 Å². The number of hydrogen-bond acceptors (Lipinski definition) is 6. The molecule has 1 aliphatic heterocycles. The summed E-state index contributed by atoms with van der Waals surface area (Å²) in [6, 6.07) is 10.0. The number of allylic oxidation sites excluding steroid dienone is 1. The number of hydrogen-bond donors (Lipinski definition) is 1. The molecule has 1 atom stereocenters. The van der Waals surface area contributed by atoms with Crippen molar-refractivity contribution in [3.63, 3.8) is 0 Å². The summed E-state index contributed by atoms with van der Waals surface area (Å²) >= 11 is 0. The second-order valence-corrected chi connectivity index (χ2v) is 8.81. The van der Waals surface area contributed by atoms with Crippen molar-refractivity contribution in [3.05, 3.63) is 76.7 Å². The average molecular weight is 472 g/mol. The van der Waals surface area contributed by atoms with Crippen LogP contribution in [0.2, 0.25) is 0 Å². The number of H-pyrrole nitrogens is 1. The molecule has 1 N–H and O–H groups in total. The van der Waals surface area contributed by atoms with E-state index in [1.54, 1.807) is 10.8 Å². The van der Waals surface area contributed by atoms with E-state index in [4.69, 9.17) is 0 Å². The Bertz CT molecular complexity index is 1410. The van der Waals surface area contributed by atoms with Gasteiger partial charge in [0.25, 0.3) is 0 Å². The van der Waals surface area contributed by atoms with E-state index in [0.717, 1.165) is 41.9 Å². The Hall–Kier alpha value is -4.08. The molecule has 4 aromatic rings. The van der Waals surface area contributed by atoms with Gasteiger partial charge in [-0.3, -0.25) is 14.1 Å². The van der Waals surface area contributed by atoms with Gasteiger partial charge in [-0.05, 0) is 48.2 Å². The fraction of sp³-hybridized carbons (Fsp3) is 0.360. The zero-order chi connectivity index (χ0) is 24.3. The number of aromatic amines is 1. The molecule has 10 nitrogen and oxygen atoms in total. The van der Waals surface area contributed by atoms with E-state index >= 15 is 0 Å². The largest absolute Gasteiger partial charge is 0.334 e. The van der Waals surface area contributed by atoms with Gasteiger partial charge in [-0.1, -0.05) is 37.6 Å². The highest BCUT2D eigenvalue weighted by Gasteiger charge is 2.33. The first-order valence-electron chi connectivity index (χ1n) is 12.0. The SMILES string of the molecule is CCCCc1cn(-c2ccnn2CC)c(=O)n1CC1(c2cccc(-c3nnn[nH]3)c2)C=CN=CC1. The third-order valence-electron chi connectivity index (χ3n) is 6.63. The Balaban J connectivity index is 1.61. The molecule has 5 rings (SSSR count). The molecule has 10 heteroatoms. The van der Waals surface area contributed by atoms with Crippen molar-refractivity contribution in [1.29, 1.82) is 0 Å². The van der Waals surface area contributed by atoms with Crippen molar-refractivity contribution in [2.24, 2.45) is 4.99 Å². The Morgan fingerprint density at radius 3 is 2.86 bits per heavy atom. The maximum atomic E-state index is 13.8. The third-order valence-corrected chi connectivity index (χ3v) is 6.63. The number of nitrogens with one attached hydrogen (secondary N) is 1. The van der Waals surface area contributed by atoms with Gasteiger partial charge < -0.3 is 0 Å². The number of nitrogens with zero attached hydrogens (tertiary/aromatic N) is 8. The molecule has 180 valence electrons. The summed E-state index contributed by atoms with van der Waals surface area (Å²) in [5.74, 6) is 1.39. The fourth-order valence-electron chi connectivity index (χ4n) is 4.68. The number of aryl methyl sites for hydroxylation is 2. The molecule has 1 unspecified atom stereocenters. The quantitative estimate of drug-likeness (QED) is 0.403. The molecule has 0 spiro atoms. The Morgan fingerprint density at radius 2 is 2.11 bits per heavy atom. The standard InChI is InChI=1S/C25H29N9O/c1-3-5-9-21-17-32(22-10-13-27-34(22)4-2)24(35)33(21)18-25(11-14-26-15-12-25)20-8-6-7-19(16-20)23-28-30-31-29-23/h6-8,10-11,13-17H,3-5,9,12,18H2,1-2H3,(H,28,29,30,31). The number of aromatic nitrogens is 8. The predicted octanol–water partition coefficient (Wildman–Crippen LogP) is 3.30. The molecule has 3 aromatic heterocycles. The van der Waals surface area contributed by atoms with Crippen molar-refractivity contribution in [2.45, 2.75) is 58.0 Å². The van der Waals surface area contributed by atoms with E-state index in [1.165, 1.54) is 0 Å². The highest BCUT2D eigenvalue weighted by molar-refractivity contribution is 5.65. The Kier molecular flexibility index (Phi) is 6.26. The second-order valence-electron chi connectivity index (χ2n) is 8.81. The minimum absolute atomic E-state index is 0.0582. The van der Waals surface area contributed by atoms with E-state index in [0.29, 0.717) is 25.3 Å². The van der Waals surface area contributed by atoms with E-state index in [-0.39, 0.29) is 5.69 Å². The van der Waals surface area contributed by atoms with Crippen LogP contribution in [0.5, 0.6) is 0 Å². The van der Waals surface area contributed by atoms with Gasteiger partial charge >= 0.3 is 5.69 Å². The molecular weight excluding hydrogens is 442 g/mol. The van der Waals surface area contributed by atoms with Crippen LogP contribution in [0.1, 0.15) is 44.4 Å². The summed E-state index contributed by atoms with van der Waals surface area (Å²) in [5, 5.41) is 18.7. The molecular formula is C25H29N9O. The first-order valence-corrected chi connectivity index (χ1v) is 12.0. The van der Waals surface area contributed by atoms with Crippen LogP contribution in [0, 0.1) is 0 Å². The average Bonchev–Trinajstić information content (AvgIpc) is 3.65. The van der Waals surface area contributed by atoms with Crippen molar-refractivity contribution in [2.75, 3.05) is 0 Å². The van der Waals surface area contributed by atoms with Crippen LogP contribution in [0.3, 0.4) is 0 Å². The predicted molar refractivity (Wildman–Crippen MR) is 134 cm³/mol. The van der Waals surface area contributed by atoms with Gasteiger partial charge in [-0.15, -0.1) is 5.10 Å². The van der Waals surface area contributed by atoms with Crippen molar-refractivity contribution < 1.29 is 0 Å². The van der Waals surface area contributed by atoms with Crippen molar-refractivity contribution in [1.82, 2.24) is 39.5 Å². The molecule has 0 saturated carbocycles. The summed E-state index contributed by atoms with van der Waals surface area (Å²) in [5.41, 5.74) is 2.50. The van der Waals surface area contributed by atoms with E-state index in [2.05, 4.69) is 55.8 Å². The topological polar surface area (TPSA) is 112 Å². The monoisotopic (exact) mass is 471 g/mol. The lowest BCUT2D eigenvalue weighted by Gasteiger charge is -2.32. The number of imidazole rings is 1. The fourth-order valence-corrected chi connectivity index (χ4v) is 4.68. The number of rotatable bonds is 9. The molecule has 1 aromatic carbocycles. The lowest BCUT2D eigenvalue weighted by Crippen LogP contribution is -2.37. The van der Waals surface area contributed by atoms with Crippen LogP contribution in [-0.4, -0.2) is 45.8 Å². The molecule has 0 saturated heterocycles. The van der Waals surface area contributed by atoms with Gasteiger partial charge in [0.15, 0.2) is 5.82 Å². The van der Waals surface area contributed by atoms with Gasteiger partial charge in [-0.25, -0.2) is 14.6 Å².